The first-order valence-electron chi connectivity index (χ1n) is 7.45. The van der Waals surface area contributed by atoms with Crippen molar-refractivity contribution in [2.24, 2.45) is 0 Å². The third kappa shape index (κ3) is 4.46. The second-order valence-corrected chi connectivity index (χ2v) is 7.65. The minimum Gasteiger partial charge on any atom is -0.351 e. The number of carbonyl (C=O) groups excluding carboxylic acids is 1. The molecule has 0 aliphatic carbocycles. The molecule has 0 aliphatic heterocycles. The van der Waals surface area contributed by atoms with E-state index in [0.717, 1.165) is 22.0 Å². The summed E-state index contributed by atoms with van der Waals surface area (Å²) in [6, 6.07) is 8.13. The predicted octanol–water partition coefficient (Wildman–Crippen LogP) is 3.73. The van der Waals surface area contributed by atoms with E-state index >= 15 is 0 Å². The fourth-order valence-corrected chi connectivity index (χ4v) is 3.15. The van der Waals surface area contributed by atoms with Crippen LogP contribution in [0.1, 0.15) is 37.5 Å². The number of thioether (sulfide) groups is 1. The molecule has 1 aromatic carbocycles. The average molecular weight is 327 g/mol. The molecule has 0 radical (unpaired) electrons. The van der Waals surface area contributed by atoms with Gasteiger partial charge >= 0.3 is 0 Å². The number of aromatic nitrogens is 1. The van der Waals surface area contributed by atoms with Crippen molar-refractivity contribution in [3.8, 4) is 6.07 Å². The van der Waals surface area contributed by atoms with E-state index in [9.17, 15) is 10.1 Å². The third-order valence-electron chi connectivity index (χ3n) is 3.23. The molecular weight excluding hydrogens is 306 g/mol. The number of nitrogens with one attached hydrogen (secondary N) is 1. The molecule has 1 aromatic heterocycles. The predicted molar refractivity (Wildman–Crippen MR) is 94.6 cm³/mol. The van der Waals surface area contributed by atoms with Gasteiger partial charge in [-0.25, -0.2) is 4.98 Å². The summed E-state index contributed by atoms with van der Waals surface area (Å²) in [5.41, 5.74) is 3.35. The van der Waals surface area contributed by atoms with Crippen LogP contribution in [0.5, 0.6) is 0 Å². The van der Waals surface area contributed by atoms with E-state index in [2.05, 4.69) is 22.4 Å². The second-order valence-electron chi connectivity index (χ2n) is 6.69. The van der Waals surface area contributed by atoms with E-state index in [-0.39, 0.29) is 17.2 Å². The van der Waals surface area contributed by atoms with E-state index in [1.165, 1.54) is 11.8 Å². The Balaban J connectivity index is 2.30. The van der Waals surface area contributed by atoms with Crippen LogP contribution < -0.4 is 5.32 Å². The molecule has 2 aromatic rings. The molecule has 1 heterocycles. The molecule has 0 bridgehead atoms. The zero-order valence-corrected chi connectivity index (χ0v) is 15.0. The second kappa shape index (κ2) is 6.59. The summed E-state index contributed by atoms with van der Waals surface area (Å²) < 4.78 is 0. The molecule has 0 unspecified atom stereocenters. The summed E-state index contributed by atoms with van der Waals surface area (Å²) in [6.45, 7) is 9.86. The van der Waals surface area contributed by atoms with Crippen molar-refractivity contribution in [2.75, 3.05) is 5.75 Å². The fraction of sp³-hybridized carbons (Fsp3) is 0.389. The van der Waals surface area contributed by atoms with Crippen LogP contribution in [-0.4, -0.2) is 22.2 Å². The van der Waals surface area contributed by atoms with Crippen LogP contribution in [-0.2, 0) is 4.79 Å². The van der Waals surface area contributed by atoms with Gasteiger partial charge in [-0.15, -0.1) is 0 Å². The standard InChI is InChI=1S/C18H21N3OS/c1-11-6-12(2)14-8-13(9-19)17(20-15(14)7-11)23-10-16(22)21-18(3,4)5/h6-8H,10H2,1-5H3,(H,21,22). The van der Waals surface area contributed by atoms with Crippen molar-refractivity contribution < 1.29 is 4.79 Å². The lowest BCUT2D eigenvalue weighted by molar-refractivity contribution is -0.119. The lowest BCUT2D eigenvalue weighted by Gasteiger charge is -2.20. The fourth-order valence-electron chi connectivity index (χ4n) is 2.39. The number of pyridine rings is 1. The highest BCUT2D eigenvalue weighted by atomic mass is 32.2. The van der Waals surface area contributed by atoms with Gasteiger partial charge < -0.3 is 5.32 Å². The molecule has 0 atom stereocenters. The van der Waals surface area contributed by atoms with Crippen molar-refractivity contribution in [1.82, 2.24) is 10.3 Å². The summed E-state index contributed by atoms with van der Waals surface area (Å²) in [5.74, 6) is 0.184. The van der Waals surface area contributed by atoms with Gasteiger partial charge in [0.05, 0.1) is 16.8 Å². The van der Waals surface area contributed by atoms with Crippen LogP contribution in [0.2, 0.25) is 0 Å². The quantitative estimate of drug-likeness (QED) is 0.872. The minimum atomic E-state index is -0.263. The summed E-state index contributed by atoms with van der Waals surface area (Å²) in [5, 5.41) is 13.9. The van der Waals surface area contributed by atoms with Crippen LogP contribution in [0.3, 0.4) is 0 Å². The number of hydrogen-bond donors (Lipinski definition) is 1. The molecule has 120 valence electrons. The first-order valence-corrected chi connectivity index (χ1v) is 8.44. The Labute approximate surface area is 141 Å². The van der Waals surface area contributed by atoms with Crippen molar-refractivity contribution >= 4 is 28.6 Å². The highest BCUT2D eigenvalue weighted by Gasteiger charge is 2.16. The van der Waals surface area contributed by atoms with Gasteiger partial charge in [0.2, 0.25) is 5.91 Å². The van der Waals surface area contributed by atoms with Gasteiger partial charge in [-0.05, 0) is 57.9 Å². The van der Waals surface area contributed by atoms with Gasteiger partial charge in [0.1, 0.15) is 11.1 Å². The Morgan fingerprint density at radius 2 is 2.00 bits per heavy atom. The molecule has 2 rings (SSSR count). The maximum atomic E-state index is 12.0. The number of nitriles is 1. The molecule has 23 heavy (non-hydrogen) atoms. The average Bonchev–Trinajstić information content (AvgIpc) is 2.42. The summed E-state index contributed by atoms with van der Waals surface area (Å²) in [4.78, 5) is 16.6. The Hall–Kier alpha value is -2.06. The number of hydrogen-bond acceptors (Lipinski definition) is 4. The molecule has 1 amide bonds. The number of carbonyl (C=O) groups is 1. The summed E-state index contributed by atoms with van der Waals surface area (Å²) >= 11 is 1.30. The SMILES string of the molecule is Cc1cc(C)c2cc(C#N)c(SCC(=O)NC(C)(C)C)nc2c1. The number of rotatable bonds is 3. The van der Waals surface area contributed by atoms with Gasteiger partial charge in [0, 0.05) is 10.9 Å². The van der Waals surface area contributed by atoms with Crippen LogP contribution in [0.4, 0.5) is 0 Å². The van der Waals surface area contributed by atoms with Crippen LogP contribution in [0, 0.1) is 25.2 Å². The molecular formula is C18H21N3OS. The van der Waals surface area contributed by atoms with Crippen LogP contribution in [0.15, 0.2) is 23.2 Å². The topological polar surface area (TPSA) is 65.8 Å². The lowest BCUT2D eigenvalue weighted by atomic mass is 10.1. The number of aryl methyl sites for hydroxylation is 2. The molecule has 0 aliphatic rings. The first kappa shape index (κ1) is 17.3. The normalized spacial score (nSPS) is 11.3. The maximum Gasteiger partial charge on any atom is 0.230 e. The third-order valence-corrected chi connectivity index (χ3v) is 4.22. The van der Waals surface area contributed by atoms with E-state index in [1.54, 1.807) is 0 Å². The molecule has 5 heteroatoms. The summed E-state index contributed by atoms with van der Waals surface area (Å²) in [7, 11) is 0. The summed E-state index contributed by atoms with van der Waals surface area (Å²) in [6.07, 6.45) is 0. The smallest absolute Gasteiger partial charge is 0.230 e. The Morgan fingerprint density at radius 1 is 1.30 bits per heavy atom. The molecule has 0 saturated heterocycles. The molecule has 0 saturated carbocycles. The monoisotopic (exact) mass is 327 g/mol. The Kier molecular flexibility index (Phi) is 4.96. The number of benzene rings is 1. The zero-order valence-electron chi connectivity index (χ0n) is 14.2. The van der Waals surface area contributed by atoms with E-state index < -0.39 is 0 Å². The zero-order chi connectivity index (χ0) is 17.2. The van der Waals surface area contributed by atoms with Gasteiger partial charge in [0.15, 0.2) is 0 Å². The maximum absolute atomic E-state index is 12.0. The molecule has 0 spiro atoms. The van der Waals surface area contributed by atoms with E-state index in [4.69, 9.17) is 0 Å². The Bertz CT molecular complexity index is 800. The van der Waals surface area contributed by atoms with Crippen molar-refractivity contribution in [3.05, 3.63) is 34.9 Å². The van der Waals surface area contributed by atoms with Gasteiger partial charge in [-0.2, -0.15) is 5.26 Å². The van der Waals surface area contributed by atoms with Crippen LogP contribution >= 0.6 is 11.8 Å². The van der Waals surface area contributed by atoms with Crippen molar-refractivity contribution in [1.29, 1.82) is 5.26 Å². The van der Waals surface area contributed by atoms with Crippen molar-refractivity contribution in [2.45, 2.75) is 45.2 Å². The van der Waals surface area contributed by atoms with Gasteiger partial charge in [-0.1, -0.05) is 17.8 Å². The van der Waals surface area contributed by atoms with Crippen LogP contribution in [0.25, 0.3) is 10.9 Å². The first-order chi connectivity index (χ1) is 10.7. The minimum absolute atomic E-state index is 0.0614. The van der Waals surface area contributed by atoms with E-state index in [1.807, 2.05) is 46.8 Å². The number of amides is 1. The molecule has 4 nitrogen and oxygen atoms in total. The van der Waals surface area contributed by atoms with Crippen molar-refractivity contribution in [3.63, 3.8) is 0 Å². The molecule has 0 fully saturated rings. The number of nitrogens with zero attached hydrogens (tertiary/aromatic N) is 2. The van der Waals surface area contributed by atoms with E-state index in [0.29, 0.717) is 10.6 Å². The highest BCUT2D eigenvalue weighted by molar-refractivity contribution is 8.00. The highest BCUT2D eigenvalue weighted by Crippen LogP contribution is 2.27. The van der Waals surface area contributed by atoms with Gasteiger partial charge in [0.25, 0.3) is 0 Å². The van der Waals surface area contributed by atoms with Gasteiger partial charge in [-0.3, -0.25) is 4.79 Å². The molecule has 1 N–H and O–H groups in total. The Morgan fingerprint density at radius 3 is 2.61 bits per heavy atom. The largest absolute Gasteiger partial charge is 0.351 e. The number of fused-ring (bicyclic) bond motifs is 1. The lowest BCUT2D eigenvalue weighted by Crippen LogP contribution is -2.41.